The maximum absolute atomic E-state index is 13.2. The summed E-state index contributed by atoms with van der Waals surface area (Å²) in [6.07, 6.45) is -9.39. The molecule has 0 aliphatic carbocycles. The third-order valence-corrected chi connectivity index (χ3v) is 3.70. The highest BCUT2D eigenvalue weighted by Gasteiger charge is 2.38. The van der Waals surface area contributed by atoms with E-state index < -0.39 is 30.4 Å². The highest BCUT2D eigenvalue weighted by atomic mass is 19.4. The van der Waals surface area contributed by atoms with E-state index in [1.165, 1.54) is 4.90 Å². The van der Waals surface area contributed by atoms with Crippen LogP contribution >= 0.6 is 0 Å². The average molecular weight is 437 g/mol. The standard InChI is InChI=1S/C19H21F6N3O2/c1-4-28(14-7-5-6-8-15(14)29-10-12(2)3)17-26-9-13(19(23,24)25)16(27-17)30-11-18(20,21)22/h5-9,12H,4,10-11H2,1-3H3. The lowest BCUT2D eigenvalue weighted by molar-refractivity contribution is -0.159. The molecule has 0 N–H and O–H groups in total. The summed E-state index contributed by atoms with van der Waals surface area (Å²) < 4.78 is 87.1. The SMILES string of the molecule is CCN(c1ncc(C(F)(F)F)c(OCC(F)(F)F)n1)c1ccccc1OCC(C)C. The number of alkyl halides is 6. The summed E-state index contributed by atoms with van der Waals surface area (Å²) in [6.45, 7) is 4.28. The summed E-state index contributed by atoms with van der Waals surface area (Å²) in [5.41, 5.74) is -1.03. The van der Waals surface area contributed by atoms with Crippen LogP contribution in [0.5, 0.6) is 11.6 Å². The third-order valence-electron chi connectivity index (χ3n) is 3.70. The first kappa shape index (κ1) is 23.6. The minimum atomic E-state index is -4.98. The van der Waals surface area contributed by atoms with Crippen LogP contribution in [0.25, 0.3) is 0 Å². The van der Waals surface area contributed by atoms with Crippen molar-refractivity contribution in [1.82, 2.24) is 9.97 Å². The monoisotopic (exact) mass is 437 g/mol. The van der Waals surface area contributed by atoms with Crippen molar-refractivity contribution in [2.75, 3.05) is 24.7 Å². The molecule has 0 unspecified atom stereocenters. The predicted molar refractivity (Wildman–Crippen MR) is 98.0 cm³/mol. The van der Waals surface area contributed by atoms with Gasteiger partial charge in [0.05, 0.1) is 12.3 Å². The molecule has 166 valence electrons. The minimum Gasteiger partial charge on any atom is -0.491 e. The quantitative estimate of drug-likeness (QED) is 0.501. The molecule has 0 atom stereocenters. The topological polar surface area (TPSA) is 47.5 Å². The van der Waals surface area contributed by atoms with Crippen LogP contribution in [0.4, 0.5) is 38.0 Å². The van der Waals surface area contributed by atoms with E-state index >= 15 is 0 Å². The van der Waals surface area contributed by atoms with Crippen LogP contribution in [-0.2, 0) is 6.18 Å². The van der Waals surface area contributed by atoms with Gasteiger partial charge in [-0.25, -0.2) is 4.98 Å². The summed E-state index contributed by atoms with van der Waals surface area (Å²) in [4.78, 5) is 8.78. The van der Waals surface area contributed by atoms with Crippen molar-refractivity contribution < 1.29 is 35.8 Å². The van der Waals surface area contributed by atoms with Gasteiger partial charge in [-0.1, -0.05) is 26.0 Å². The van der Waals surface area contributed by atoms with Gasteiger partial charge in [-0.05, 0) is 25.0 Å². The number of aromatic nitrogens is 2. The van der Waals surface area contributed by atoms with E-state index in [1.807, 2.05) is 13.8 Å². The Bertz CT molecular complexity index is 840. The van der Waals surface area contributed by atoms with Crippen LogP contribution in [0, 0.1) is 5.92 Å². The first-order chi connectivity index (χ1) is 13.9. The summed E-state index contributed by atoms with van der Waals surface area (Å²) in [6, 6.07) is 6.73. The van der Waals surface area contributed by atoms with Crippen LogP contribution in [0.15, 0.2) is 30.5 Å². The molecule has 1 aromatic carbocycles. The van der Waals surface area contributed by atoms with Crippen molar-refractivity contribution >= 4 is 11.6 Å². The smallest absolute Gasteiger partial charge is 0.423 e. The zero-order valence-electron chi connectivity index (χ0n) is 16.5. The summed E-state index contributed by atoms with van der Waals surface area (Å²) in [5.74, 6) is -0.778. The fourth-order valence-electron chi connectivity index (χ4n) is 2.42. The molecule has 0 spiro atoms. The number of nitrogens with zero attached hydrogens (tertiary/aromatic N) is 3. The fourth-order valence-corrected chi connectivity index (χ4v) is 2.42. The van der Waals surface area contributed by atoms with Crippen molar-refractivity contribution in [1.29, 1.82) is 0 Å². The first-order valence-corrected chi connectivity index (χ1v) is 9.05. The van der Waals surface area contributed by atoms with Gasteiger partial charge in [-0.15, -0.1) is 0 Å². The zero-order valence-corrected chi connectivity index (χ0v) is 16.5. The molecule has 2 rings (SSSR count). The highest BCUT2D eigenvalue weighted by molar-refractivity contribution is 5.65. The number of hydrogen-bond donors (Lipinski definition) is 0. The van der Waals surface area contributed by atoms with E-state index in [4.69, 9.17) is 4.74 Å². The Morgan fingerprint density at radius 3 is 2.27 bits per heavy atom. The Morgan fingerprint density at radius 1 is 1.03 bits per heavy atom. The van der Waals surface area contributed by atoms with Gasteiger partial charge in [0.25, 0.3) is 0 Å². The number of anilines is 2. The molecule has 1 heterocycles. The minimum absolute atomic E-state index is 0.214. The maximum Gasteiger partial charge on any atom is 0.423 e. The van der Waals surface area contributed by atoms with Crippen molar-refractivity contribution in [3.63, 3.8) is 0 Å². The van der Waals surface area contributed by atoms with Gasteiger partial charge in [-0.3, -0.25) is 0 Å². The molecule has 1 aromatic heterocycles. The molecule has 5 nitrogen and oxygen atoms in total. The Labute approximate surface area is 169 Å². The Balaban J connectivity index is 2.46. The largest absolute Gasteiger partial charge is 0.491 e. The van der Waals surface area contributed by atoms with Gasteiger partial charge in [-0.2, -0.15) is 31.3 Å². The van der Waals surface area contributed by atoms with Crippen molar-refractivity contribution in [3.05, 3.63) is 36.0 Å². The summed E-state index contributed by atoms with van der Waals surface area (Å²) >= 11 is 0. The molecular formula is C19H21F6N3O2. The maximum atomic E-state index is 13.2. The third kappa shape index (κ3) is 6.39. The zero-order chi connectivity index (χ0) is 22.5. The van der Waals surface area contributed by atoms with Crippen LogP contribution in [-0.4, -0.2) is 35.9 Å². The molecule has 0 aliphatic rings. The molecule has 11 heteroatoms. The van der Waals surface area contributed by atoms with Crippen LogP contribution in [0.1, 0.15) is 26.3 Å². The molecule has 30 heavy (non-hydrogen) atoms. The Morgan fingerprint density at radius 2 is 1.70 bits per heavy atom. The van der Waals surface area contributed by atoms with E-state index in [1.54, 1.807) is 31.2 Å². The lowest BCUT2D eigenvalue weighted by Gasteiger charge is -2.25. The number of para-hydroxylation sites is 2. The number of rotatable bonds is 8. The fraction of sp³-hybridized carbons (Fsp3) is 0.474. The van der Waals surface area contributed by atoms with Gasteiger partial charge in [0.1, 0.15) is 11.3 Å². The molecular weight excluding hydrogens is 416 g/mol. The van der Waals surface area contributed by atoms with E-state index in [0.29, 0.717) is 24.2 Å². The molecule has 0 fully saturated rings. The average Bonchev–Trinajstić information content (AvgIpc) is 2.65. The van der Waals surface area contributed by atoms with Gasteiger partial charge in [0.2, 0.25) is 11.8 Å². The van der Waals surface area contributed by atoms with E-state index in [9.17, 15) is 26.3 Å². The lowest BCUT2D eigenvalue weighted by Crippen LogP contribution is -2.24. The van der Waals surface area contributed by atoms with Crippen molar-refractivity contribution in [3.8, 4) is 11.6 Å². The number of halogens is 6. The summed E-state index contributed by atoms with van der Waals surface area (Å²) in [5, 5.41) is 0. The number of ether oxygens (including phenoxy) is 2. The number of benzene rings is 1. The van der Waals surface area contributed by atoms with E-state index in [-0.39, 0.29) is 18.4 Å². The molecule has 0 radical (unpaired) electrons. The van der Waals surface area contributed by atoms with Crippen molar-refractivity contribution in [2.45, 2.75) is 33.1 Å². The van der Waals surface area contributed by atoms with E-state index in [2.05, 4.69) is 14.7 Å². The van der Waals surface area contributed by atoms with Gasteiger partial charge >= 0.3 is 12.4 Å². The van der Waals surface area contributed by atoms with Gasteiger partial charge in [0.15, 0.2) is 6.61 Å². The molecule has 0 amide bonds. The highest BCUT2D eigenvalue weighted by Crippen LogP contribution is 2.38. The summed E-state index contributed by atoms with van der Waals surface area (Å²) in [7, 11) is 0. The van der Waals surface area contributed by atoms with Crippen LogP contribution < -0.4 is 14.4 Å². The molecule has 0 saturated carbocycles. The Kier molecular flexibility index (Phi) is 7.38. The normalized spacial score (nSPS) is 12.2. The Hall–Kier alpha value is -2.72. The molecule has 0 saturated heterocycles. The second-order valence-electron chi connectivity index (χ2n) is 6.71. The van der Waals surface area contributed by atoms with E-state index in [0.717, 1.165) is 0 Å². The first-order valence-electron chi connectivity index (χ1n) is 9.05. The second-order valence-corrected chi connectivity index (χ2v) is 6.71. The van der Waals surface area contributed by atoms with Gasteiger partial charge in [0, 0.05) is 12.7 Å². The van der Waals surface area contributed by atoms with Gasteiger partial charge < -0.3 is 14.4 Å². The molecule has 0 bridgehead atoms. The van der Waals surface area contributed by atoms with Crippen molar-refractivity contribution in [2.24, 2.45) is 5.92 Å². The lowest BCUT2D eigenvalue weighted by atomic mass is 10.2. The van der Waals surface area contributed by atoms with Crippen LogP contribution in [0.2, 0.25) is 0 Å². The predicted octanol–water partition coefficient (Wildman–Crippen LogP) is 5.63. The molecule has 0 aliphatic heterocycles. The molecule has 2 aromatic rings. The number of hydrogen-bond acceptors (Lipinski definition) is 5. The van der Waals surface area contributed by atoms with Crippen LogP contribution in [0.3, 0.4) is 0 Å². The second kappa shape index (κ2) is 9.40.